The fraction of sp³-hybridized carbons (Fsp3) is 0.833. The maximum absolute atomic E-state index is 11.8. The molecule has 0 aliphatic carbocycles. The normalized spacial score (nSPS) is 17.7. The second kappa shape index (κ2) is 7.25. The Kier molecular flexibility index (Phi) is 5.95. The molecule has 1 aliphatic heterocycles. The van der Waals surface area contributed by atoms with E-state index in [2.05, 4.69) is 4.90 Å². The lowest BCUT2D eigenvalue weighted by atomic mass is 9.97. The van der Waals surface area contributed by atoms with Gasteiger partial charge in [-0.15, -0.1) is 0 Å². The number of piperidine rings is 1. The molecule has 0 aromatic carbocycles. The van der Waals surface area contributed by atoms with E-state index in [0.717, 1.165) is 32.5 Å². The molecule has 1 saturated heterocycles. The van der Waals surface area contributed by atoms with Crippen LogP contribution in [0.25, 0.3) is 0 Å². The number of nitrogens with zero attached hydrogens (tertiary/aromatic N) is 3. The zero-order valence-electron chi connectivity index (χ0n) is 10.6. The average Bonchev–Trinajstić information content (AvgIpc) is 2.36. The number of hydrogen-bond donors (Lipinski definition) is 1. The summed E-state index contributed by atoms with van der Waals surface area (Å²) in [4.78, 5) is 15.6. The lowest BCUT2D eigenvalue weighted by Gasteiger charge is -2.31. The molecule has 0 saturated carbocycles. The van der Waals surface area contributed by atoms with Crippen LogP contribution in [0, 0.1) is 17.2 Å². The molecule has 1 heterocycles. The number of hydrogen-bond acceptors (Lipinski definition) is 4. The predicted octanol–water partition coefficient (Wildman–Crippen LogP) is 0.0292. The van der Waals surface area contributed by atoms with E-state index < -0.39 is 0 Å². The van der Waals surface area contributed by atoms with E-state index in [4.69, 9.17) is 11.0 Å². The predicted molar refractivity (Wildman–Crippen MR) is 66.1 cm³/mol. The zero-order chi connectivity index (χ0) is 12.7. The molecule has 2 N–H and O–H groups in total. The van der Waals surface area contributed by atoms with Crippen molar-refractivity contribution in [3.63, 3.8) is 0 Å². The highest BCUT2D eigenvalue weighted by molar-refractivity contribution is 5.78. The highest BCUT2D eigenvalue weighted by Crippen LogP contribution is 2.15. The van der Waals surface area contributed by atoms with Gasteiger partial charge in [-0.25, -0.2) is 0 Å². The van der Waals surface area contributed by atoms with Crippen LogP contribution in [-0.4, -0.2) is 55.5 Å². The van der Waals surface area contributed by atoms with Gasteiger partial charge in [-0.05, 0) is 38.4 Å². The van der Waals surface area contributed by atoms with E-state index in [-0.39, 0.29) is 5.91 Å². The Bertz CT molecular complexity index is 279. The molecule has 0 atom stereocenters. The van der Waals surface area contributed by atoms with Crippen molar-refractivity contribution in [3.05, 3.63) is 0 Å². The lowest BCUT2D eigenvalue weighted by molar-refractivity contribution is -0.131. The van der Waals surface area contributed by atoms with Gasteiger partial charge in [0.25, 0.3) is 0 Å². The summed E-state index contributed by atoms with van der Waals surface area (Å²) in [6.07, 6.45) is 2.58. The maximum atomic E-state index is 11.8. The Balaban J connectivity index is 2.25. The summed E-state index contributed by atoms with van der Waals surface area (Å²) in [5, 5.41) is 8.46. The minimum atomic E-state index is 0.103. The summed E-state index contributed by atoms with van der Waals surface area (Å²) in [6.45, 7) is 3.66. The van der Waals surface area contributed by atoms with Crippen molar-refractivity contribution in [2.75, 3.05) is 39.8 Å². The minimum Gasteiger partial charge on any atom is -0.344 e. The molecule has 1 aliphatic rings. The quantitative estimate of drug-likeness (QED) is 0.733. The van der Waals surface area contributed by atoms with Crippen LogP contribution in [0.15, 0.2) is 0 Å². The Morgan fingerprint density at radius 3 is 2.71 bits per heavy atom. The zero-order valence-corrected chi connectivity index (χ0v) is 10.6. The van der Waals surface area contributed by atoms with Crippen molar-refractivity contribution >= 4 is 5.91 Å². The first-order valence-electron chi connectivity index (χ1n) is 6.20. The van der Waals surface area contributed by atoms with Crippen molar-refractivity contribution in [1.29, 1.82) is 5.26 Å². The topological polar surface area (TPSA) is 73.4 Å². The number of likely N-dealkylation sites (tertiary alicyclic amines) is 1. The van der Waals surface area contributed by atoms with Gasteiger partial charge in [0.2, 0.25) is 5.91 Å². The summed E-state index contributed by atoms with van der Waals surface area (Å²) in [7, 11) is 1.76. The van der Waals surface area contributed by atoms with Crippen LogP contribution >= 0.6 is 0 Å². The van der Waals surface area contributed by atoms with Crippen LogP contribution in [-0.2, 0) is 4.79 Å². The molecule has 0 radical (unpaired) electrons. The third-order valence-corrected chi connectivity index (χ3v) is 3.38. The highest BCUT2D eigenvalue weighted by atomic mass is 16.2. The second-order valence-electron chi connectivity index (χ2n) is 4.68. The van der Waals surface area contributed by atoms with Gasteiger partial charge in [0.15, 0.2) is 0 Å². The summed E-state index contributed by atoms with van der Waals surface area (Å²) in [5.41, 5.74) is 5.63. The molecule has 5 nitrogen and oxygen atoms in total. The summed E-state index contributed by atoms with van der Waals surface area (Å²) in [5.74, 6) is 0.726. The number of rotatable bonds is 5. The number of amides is 1. The van der Waals surface area contributed by atoms with Crippen molar-refractivity contribution in [2.24, 2.45) is 11.7 Å². The maximum Gasteiger partial charge on any atom is 0.236 e. The largest absolute Gasteiger partial charge is 0.344 e. The van der Waals surface area contributed by atoms with Crippen molar-refractivity contribution in [3.8, 4) is 6.07 Å². The average molecular weight is 238 g/mol. The van der Waals surface area contributed by atoms with E-state index in [1.807, 2.05) is 6.07 Å². The third kappa shape index (κ3) is 4.72. The molecule has 0 bridgehead atoms. The Hall–Kier alpha value is -1.12. The van der Waals surface area contributed by atoms with Crippen LogP contribution in [0.5, 0.6) is 0 Å². The smallest absolute Gasteiger partial charge is 0.236 e. The van der Waals surface area contributed by atoms with E-state index in [9.17, 15) is 4.79 Å². The van der Waals surface area contributed by atoms with Crippen LogP contribution in [0.3, 0.4) is 0 Å². The van der Waals surface area contributed by atoms with Gasteiger partial charge in [0.05, 0.1) is 19.0 Å². The van der Waals surface area contributed by atoms with Crippen LogP contribution in [0.4, 0.5) is 0 Å². The van der Waals surface area contributed by atoms with Crippen molar-refractivity contribution in [1.82, 2.24) is 9.80 Å². The van der Waals surface area contributed by atoms with Crippen molar-refractivity contribution in [2.45, 2.75) is 19.3 Å². The monoisotopic (exact) mass is 238 g/mol. The standard InChI is InChI=1S/C12H22N4O/c1-15(6-2-5-13)12(17)10-16-7-3-11(9-14)4-8-16/h11H,2-4,6-10,14H2,1H3. The van der Waals surface area contributed by atoms with Gasteiger partial charge in [-0.1, -0.05) is 0 Å². The SMILES string of the molecule is CN(CCC#N)C(=O)CN1CCC(CN)CC1. The van der Waals surface area contributed by atoms with E-state index in [1.165, 1.54) is 0 Å². The first-order chi connectivity index (χ1) is 8.17. The molecule has 0 spiro atoms. The number of carbonyl (C=O) groups excluding carboxylic acids is 1. The molecule has 0 aromatic heterocycles. The van der Waals surface area contributed by atoms with Gasteiger partial charge in [0.1, 0.15) is 0 Å². The molecule has 1 rings (SSSR count). The van der Waals surface area contributed by atoms with Crippen LogP contribution in [0.1, 0.15) is 19.3 Å². The molecular formula is C12H22N4O. The molecule has 17 heavy (non-hydrogen) atoms. The number of likely N-dealkylation sites (N-methyl/N-ethyl adjacent to an activating group) is 1. The van der Waals surface area contributed by atoms with Crippen LogP contribution < -0.4 is 5.73 Å². The molecule has 0 unspecified atom stereocenters. The summed E-state index contributed by atoms with van der Waals surface area (Å²) < 4.78 is 0. The van der Waals surface area contributed by atoms with E-state index in [1.54, 1.807) is 11.9 Å². The Morgan fingerprint density at radius 1 is 1.53 bits per heavy atom. The number of carbonyl (C=O) groups is 1. The Morgan fingerprint density at radius 2 is 2.18 bits per heavy atom. The van der Waals surface area contributed by atoms with Gasteiger partial charge < -0.3 is 10.6 Å². The number of nitriles is 1. The first kappa shape index (κ1) is 13.9. The Labute approximate surface area is 103 Å². The fourth-order valence-corrected chi connectivity index (χ4v) is 2.03. The van der Waals surface area contributed by atoms with Gasteiger partial charge >= 0.3 is 0 Å². The molecule has 1 amide bonds. The molecule has 1 fully saturated rings. The summed E-state index contributed by atoms with van der Waals surface area (Å²) >= 11 is 0. The second-order valence-corrected chi connectivity index (χ2v) is 4.68. The summed E-state index contributed by atoms with van der Waals surface area (Å²) in [6, 6.07) is 2.05. The van der Waals surface area contributed by atoms with Gasteiger partial charge in [-0.2, -0.15) is 5.26 Å². The molecular weight excluding hydrogens is 216 g/mol. The first-order valence-corrected chi connectivity index (χ1v) is 6.20. The van der Waals surface area contributed by atoms with Gasteiger partial charge in [-0.3, -0.25) is 9.69 Å². The van der Waals surface area contributed by atoms with Gasteiger partial charge in [0, 0.05) is 13.6 Å². The third-order valence-electron chi connectivity index (χ3n) is 3.38. The molecule has 0 aromatic rings. The van der Waals surface area contributed by atoms with Crippen molar-refractivity contribution < 1.29 is 4.79 Å². The van der Waals surface area contributed by atoms with E-state index in [0.29, 0.717) is 25.4 Å². The molecule has 5 heteroatoms. The highest BCUT2D eigenvalue weighted by Gasteiger charge is 2.20. The lowest BCUT2D eigenvalue weighted by Crippen LogP contribution is -2.43. The number of nitrogens with two attached hydrogens (primary N) is 1. The fourth-order valence-electron chi connectivity index (χ4n) is 2.03. The minimum absolute atomic E-state index is 0.103. The molecule has 96 valence electrons. The van der Waals surface area contributed by atoms with E-state index >= 15 is 0 Å². The van der Waals surface area contributed by atoms with Crippen LogP contribution in [0.2, 0.25) is 0 Å².